The number of halogens is 1. The SMILES string of the molecule is O=C(NC(=S)Nc1ccc2oc(-c3ccccc3Cl)nc2c1)c1ccc(N2CCOCC2)c([N+](=O)[O-])c1. The van der Waals surface area contributed by atoms with Crippen LogP contribution in [-0.2, 0) is 4.74 Å². The first kappa shape index (κ1) is 24.6. The van der Waals surface area contributed by atoms with Gasteiger partial charge in [-0.25, -0.2) is 4.98 Å². The Morgan fingerprint density at radius 1 is 1.11 bits per heavy atom. The monoisotopic (exact) mass is 537 g/mol. The minimum atomic E-state index is -0.572. The molecule has 0 atom stereocenters. The number of rotatable bonds is 5. The summed E-state index contributed by atoms with van der Waals surface area (Å²) in [4.78, 5) is 30.3. The van der Waals surface area contributed by atoms with Crippen molar-refractivity contribution in [2.24, 2.45) is 0 Å². The Hall–Kier alpha value is -4.06. The molecule has 12 heteroatoms. The van der Waals surface area contributed by atoms with Crippen molar-refractivity contribution in [1.29, 1.82) is 0 Å². The molecule has 0 spiro atoms. The summed E-state index contributed by atoms with van der Waals surface area (Å²) in [5.41, 5.74) is 2.79. The van der Waals surface area contributed by atoms with Gasteiger partial charge in [0.05, 0.1) is 28.7 Å². The fraction of sp³-hybridized carbons (Fsp3) is 0.160. The Labute approximate surface area is 221 Å². The molecule has 2 N–H and O–H groups in total. The van der Waals surface area contributed by atoms with Crippen LogP contribution in [0.2, 0.25) is 5.02 Å². The van der Waals surface area contributed by atoms with E-state index >= 15 is 0 Å². The van der Waals surface area contributed by atoms with E-state index in [2.05, 4.69) is 15.6 Å². The number of ether oxygens (including phenoxy) is 1. The Morgan fingerprint density at radius 2 is 1.89 bits per heavy atom. The van der Waals surface area contributed by atoms with Crippen molar-refractivity contribution in [3.05, 3.63) is 81.4 Å². The zero-order valence-corrected chi connectivity index (χ0v) is 20.8. The van der Waals surface area contributed by atoms with Crippen molar-refractivity contribution in [3.63, 3.8) is 0 Å². The maximum absolute atomic E-state index is 12.8. The first-order valence-electron chi connectivity index (χ1n) is 11.3. The fourth-order valence-corrected chi connectivity index (χ4v) is 4.40. The molecule has 1 aliphatic heterocycles. The van der Waals surface area contributed by atoms with Crippen molar-refractivity contribution < 1.29 is 18.9 Å². The van der Waals surface area contributed by atoms with Crippen molar-refractivity contribution in [2.75, 3.05) is 36.5 Å². The van der Waals surface area contributed by atoms with Crippen molar-refractivity contribution in [2.45, 2.75) is 0 Å². The van der Waals surface area contributed by atoms with E-state index in [1.54, 1.807) is 30.3 Å². The van der Waals surface area contributed by atoms with E-state index in [0.717, 1.165) is 0 Å². The highest BCUT2D eigenvalue weighted by atomic mass is 35.5. The third-order valence-electron chi connectivity index (χ3n) is 5.76. The summed E-state index contributed by atoms with van der Waals surface area (Å²) in [6, 6.07) is 16.8. The summed E-state index contributed by atoms with van der Waals surface area (Å²) in [5.74, 6) is -0.187. The highest BCUT2D eigenvalue weighted by Gasteiger charge is 2.23. The van der Waals surface area contributed by atoms with E-state index in [1.807, 2.05) is 23.1 Å². The minimum absolute atomic E-state index is 0.0269. The summed E-state index contributed by atoms with van der Waals surface area (Å²) >= 11 is 11.5. The van der Waals surface area contributed by atoms with Gasteiger partial charge in [0, 0.05) is 30.4 Å². The number of hydrogen-bond acceptors (Lipinski definition) is 8. The average molecular weight is 538 g/mol. The molecule has 3 aromatic carbocycles. The van der Waals surface area contributed by atoms with Crippen molar-refractivity contribution in [1.82, 2.24) is 10.3 Å². The Morgan fingerprint density at radius 3 is 2.65 bits per heavy atom. The third kappa shape index (κ3) is 5.38. The van der Waals surface area contributed by atoms with Gasteiger partial charge >= 0.3 is 0 Å². The van der Waals surface area contributed by atoms with Crippen LogP contribution >= 0.6 is 23.8 Å². The van der Waals surface area contributed by atoms with Crippen LogP contribution in [0.4, 0.5) is 17.1 Å². The van der Waals surface area contributed by atoms with Gasteiger partial charge in [-0.2, -0.15) is 0 Å². The number of hydrogen-bond donors (Lipinski definition) is 2. The van der Waals surface area contributed by atoms with Gasteiger partial charge in [0.2, 0.25) is 5.89 Å². The van der Waals surface area contributed by atoms with Gasteiger partial charge in [0.25, 0.3) is 11.6 Å². The number of thiocarbonyl (C=S) groups is 1. The Bertz CT molecular complexity index is 1520. The number of fused-ring (bicyclic) bond motifs is 1. The van der Waals surface area contributed by atoms with E-state index < -0.39 is 10.8 Å². The lowest BCUT2D eigenvalue weighted by Crippen LogP contribution is -2.37. The Balaban J connectivity index is 1.29. The molecule has 0 bridgehead atoms. The summed E-state index contributed by atoms with van der Waals surface area (Å²) in [5, 5.41) is 17.7. The van der Waals surface area contributed by atoms with Crippen LogP contribution in [0.15, 0.2) is 65.1 Å². The molecule has 1 aliphatic rings. The number of carbonyl (C=O) groups excluding carboxylic acids is 1. The molecular weight excluding hydrogens is 518 g/mol. The van der Waals surface area contributed by atoms with Gasteiger partial charge in [-0.3, -0.25) is 20.2 Å². The number of morpholine rings is 1. The molecule has 37 heavy (non-hydrogen) atoms. The van der Waals surface area contributed by atoms with Crippen molar-refractivity contribution >= 4 is 63.0 Å². The van der Waals surface area contributed by atoms with Crippen LogP contribution in [0.3, 0.4) is 0 Å². The smallest absolute Gasteiger partial charge is 0.293 e. The number of nitrogens with zero attached hydrogens (tertiary/aromatic N) is 3. The number of anilines is 2. The van der Waals surface area contributed by atoms with E-state index in [4.69, 9.17) is 33.0 Å². The molecule has 0 aliphatic carbocycles. The van der Waals surface area contributed by atoms with Gasteiger partial charge in [0.1, 0.15) is 11.2 Å². The molecule has 1 saturated heterocycles. The molecule has 2 heterocycles. The maximum atomic E-state index is 12.8. The van der Waals surface area contributed by atoms with Crippen LogP contribution in [0.25, 0.3) is 22.6 Å². The number of nitro benzene ring substituents is 1. The largest absolute Gasteiger partial charge is 0.436 e. The van der Waals surface area contributed by atoms with E-state index in [1.165, 1.54) is 12.1 Å². The normalized spacial score (nSPS) is 13.4. The molecule has 0 unspecified atom stereocenters. The average Bonchev–Trinajstić information content (AvgIpc) is 3.32. The maximum Gasteiger partial charge on any atom is 0.293 e. The molecule has 5 rings (SSSR count). The van der Waals surface area contributed by atoms with Gasteiger partial charge in [-0.05, 0) is 54.7 Å². The van der Waals surface area contributed by atoms with Crippen LogP contribution in [-0.4, -0.2) is 47.2 Å². The number of oxazole rings is 1. The second-order valence-electron chi connectivity index (χ2n) is 8.15. The van der Waals surface area contributed by atoms with Gasteiger partial charge in [0.15, 0.2) is 10.7 Å². The molecule has 0 saturated carbocycles. The first-order valence-corrected chi connectivity index (χ1v) is 12.1. The van der Waals surface area contributed by atoms with Crippen LogP contribution in [0.5, 0.6) is 0 Å². The third-order valence-corrected chi connectivity index (χ3v) is 6.30. The lowest BCUT2D eigenvalue weighted by atomic mass is 10.1. The number of amides is 1. The molecule has 10 nitrogen and oxygen atoms in total. The molecule has 4 aromatic rings. The van der Waals surface area contributed by atoms with E-state index in [-0.39, 0.29) is 16.4 Å². The van der Waals surface area contributed by atoms with E-state index in [0.29, 0.717) is 65.3 Å². The topological polar surface area (TPSA) is 123 Å². The number of benzene rings is 3. The molecule has 1 fully saturated rings. The second-order valence-corrected chi connectivity index (χ2v) is 8.97. The highest BCUT2D eigenvalue weighted by molar-refractivity contribution is 7.80. The zero-order valence-electron chi connectivity index (χ0n) is 19.3. The second kappa shape index (κ2) is 10.5. The van der Waals surface area contributed by atoms with Crippen LogP contribution in [0, 0.1) is 10.1 Å². The lowest BCUT2D eigenvalue weighted by Gasteiger charge is -2.28. The zero-order chi connectivity index (χ0) is 25.9. The summed E-state index contributed by atoms with van der Waals surface area (Å²) in [6.07, 6.45) is 0. The fourth-order valence-electron chi connectivity index (χ4n) is 3.98. The molecular formula is C25H20ClN5O5S. The molecule has 1 aromatic heterocycles. The van der Waals surface area contributed by atoms with Gasteiger partial charge < -0.3 is 19.4 Å². The number of carbonyl (C=O) groups is 1. The quantitative estimate of drug-likeness (QED) is 0.205. The standard InChI is InChI=1S/C25H20ClN5O5S/c26-18-4-2-1-3-17(18)24-28-19-14-16(6-8-22(19)36-24)27-25(37)29-23(32)15-5-7-20(21(13-15)31(33)34)30-9-11-35-12-10-30/h1-8,13-14H,9-12H2,(H2,27,29,32,37). The number of nitro groups is 1. The first-order chi connectivity index (χ1) is 17.9. The summed E-state index contributed by atoms with van der Waals surface area (Å²) in [7, 11) is 0. The summed E-state index contributed by atoms with van der Waals surface area (Å²) < 4.78 is 11.1. The molecule has 1 amide bonds. The van der Waals surface area contributed by atoms with Crippen molar-refractivity contribution in [3.8, 4) is 11.5 Å². The predicted octanol–water partition coefficient (Wildman–Crippen LogP) is 5.02. The van der Waals surface area contributed by atoms with E-state index in [9.17, 15) is 14.9 Å². The van der Waals surface area contributed by atoms with Crippen LogP contribution < -0.4 is 15.5 Å². The van der Waals surface area contributed by atoms with Gasteiger partial charge in [-0.1, -0.05) is 23.7 Å². The molecule has 188 valence electrons. The van der Waals surface area contributed by atoms with Gasteiger partial charge in [-0.15, -0.1) is 0 Å². The lowest BCUT2D eigenvalue weighted by molar-refractivity contribution is -0.384. The Kier molecular flexibility index (Phi) is 6.99. The molecule has 0 radical (unpaired) electrons. The number of nitrogens with one attached hydrogen (secondary N) is 2. The predicted molar refractivity (Wildman–Crippen MR) is 144 cm³/mol. The van der Waals surface area contributed by atoms with Crippen LogP contribution in [0.1, 0.15) is 10.4 Å². The summed E-state index contributed by atoms with van der Waals surface area (Å²) in [6.45, 7) is 2.05. The minimum Gasteiger partial charge on any atom is -0.436 e. The number of aromatic nitrogens is 1. The highest BCUT2D eigenvalue weighted by Crippen LogP contribution is 2.31.